The monoisotopic (exact) mass is 243 g/mol. The van der Waals surface area contributed by atoms with Crippen LogP contribution in [0.4, 0.5) is 0 Å². The minimum Gasteiger partial charge on any atom is -0.392 e. The third-order valence-corrected chi connectivity index (χ3v) is 2.95. The van der Waals surface area contributed by atoms with E-state index in [1.807, 2.05) is 0 Å². The normalized spacial score (nSPS) is 21.6. The highest BCUT2D eigenvalue weighted by molar-refractivity contribution is 7.80. The molecule has 1 aliphatic heterocycles. The molecule has 1 rings (SSSR count). The van der Waals surface area contributed by atoms with E-state index in [0.29, 0.717) is 11.5 Å². The number of rotatable bonds is 5. The molecule has 1 amide bonds. The summed E-state index contributed by atoms with van der Waals surface area (Å²) in [5, 5.41) is 2.94. The van der Waals surface area contributed by atoms with Crippen LogP contribution in [0.25, 0.3) is 0 Å². The van der Waals surface area contributed by atoms with Gasteiger partial charge in [-0.25, -0.2) is 0 Å². The highest BCUT2D eigenvalue weighted by Gasteiger charge is 2.26. The van der Waals surface area contributed by atoms with Crippen molar-refractivity contribution in [1.29, 1.82) is 0 Å². The van der Waals surface area contributed by atoms with E-state index >= 15 is 0 Å². The number of carbonyl (C=O) groups is 1. The van der Waals surface area contributed by atoms with Crippen LogP contribution in [0.1, 0.15) is 32.6 Å². The van der Waals surface area contributed by atoms with Crippen molar-refractivity contribution < 1.29 is 4.79 Å². The number of hydrogen-bond acceptors (Lipinski definition) is 3. The molecule has 1 fully saturated rings. The minimum absolute atomic E-state index is 0.0519. The van der Waals surface area contributed by atoms with Gasteiger partial charge in [0.25, 0.3) is 0 Å². The maximum atomic E-state index is 11.9. The molecule has 0 aliphatic carbocycles. The van der Waals surface area contributed by atoms with Gasteiger partial charge in [-0.3, -0.25) is 9.69 Å². The Labute approximate surface area is 103 Å². The number of hydrogen-bond donors (Lipinski definition) is 2. The van der Waals surface area contributed by atoms with Gasteiger partial charge in [0.2, 0.25) is 5.91 Å². The van der Waals surface area contributed by atoms with Gasteiger partial charge in [0.05, 0.1) is 11.0 Å². The van der Waals surface area contributed by atoms with Crippen LogP contribution in [0.15, 0.2) is 0 Å². The standard InChI is InChI=1S/C11H21N3OS/c1-2-7-14(8-10(12)16)9-5-3-4-6-13-11(9)15/h9H,2-8H2,1H3,(H2,12,16)(H,13,15). The summed E-state index contributed by atoms with van der Waals surface area (Å²) in [4.78, 5) is 14.4. The van der Waals surface area contributed by atoms with Crippen LogP contribution in [-0.2, 0) is 4.79 Å². The minimum atomic E-state index is -0.0519. The first-order chi connectivity index (χ1) is 7.65. The molecule has 1 heterocycles. The summed E-state index contributed by atoms with van der Waals surface area (Å²) in [5.41, 5.74) is 5.57. The Bertz CT molecular complexity index is 258. The van der Waals surface area contributed by atoms with Crippen molar-refractivity contribution in [3.8, 4) is 0 Å². The van der Waals surface area contributed by atoms with E-state index in [-0.39, 0.29) is 11.9 Å². The van der Waals surface area contributed by atoms with Gasteiger partial charge >= 0.3 is 0 Å². The van der Waals surface area contributed by atoms with Gasteiger partial charge in [-0.15, -0.1) is 0 Å². The second-order valence-electron chi connectivity index (χ2n) is 4.24. The van der Waals surface area contributed by atoms with Crippen LogP contribution in [0, 0.1) is 0 Å². The van der Waals surface area contributed by atoms with Crippen molar-refractivity contribution in [1.82, 2.24) is 10.2 Å². The zero-order chi connectivity index (χ0) is 12.0. The molecule has 0 bridgehead atoms. The summed E-state index contributed by atoms with van der Waals surface area (Å²) in [6.45, 7) is 4.31. The summed E-state index contributed by atoms with van der Waals surface area (Å²) in [5.74, 6) is 0.127. The first-order valence-electron chi connectivity index (χ1n) is 5.95. The lowest BCUT2D eigenvalue weighted by molar-refractivity contribution is -0.125. The molecular formula is C11H21N3OS. The molecule has 0 saturated carbocycles. The Kier molecular flexibility index (Phi) is 5.69. The van der Waals surface area contributed by atoms with Crippen molar-refractivity contribution in [3.05, 3.63) is 0 Å². The average Bonchev–Trinajstić information content (AvgIpc) is 2.41. The summed E-state index contributed by atoms with van der Waals surface area (Å²) >= 11 is 4.93. The average molecular weight is 243 g/mol. The summed E-state index contributed by atoms with van der Waals surface area (Å²) < 4.78 is 0. The SMILES string of the molecule is CCCN(CC(N)=S)C1CCCCNC1=O. The number of carbonyl (C=O) groups excluding carboxylic acids is 1. The molecule has 5 heteroatoms. The van der Waals surface area contributed by atoms with Crippen LogP contribution in [0.3, 0.4) is 0 Å². The van der Waals surface area contributed by atoms with Crippen molar-refractivity contribution in [3.63, 3.8) is 0 Å². The molecule has 0 spiro atoms. The van der Waals surface area contributed by atoms with Gasteiger partial charge in [-0.2, -0.15) is 0 Å². The Morgan fingerprint density at radius 3 is 3.00 bits per heavy atom. The lowest BCUT2D eigenvalue weighted by Crippen LogP contribution is -2.48. The quantitative estimate of drug-likeness (QED) is 0.696. The smallest absolute Gasteiger partial charge is 0.237 e. The lowest BCUT2D eigenvalue weighted by atomic mass is 10.1. The van der Waals surface area contributed by atoms with Crippen LogP contribution in [0.5, 0.6) is 0 Å². The third-order valence-electron chi connectivity index (χ3n) is 2.82. The first kappa shape index (κ1) is 13.4. The van der Waals surface area contributed by atoms with E-state index in [2.05, 4.69) is 17.1 Å². The molecular weight excluding hydrogens is 222 g/mol. The molecule has 1 unspecified atom stereocenters. The number of amides is 1. The van der Waals surface area contributed by atoms with E-state index in [9.17, 15) is 4.79 Å². The largest absolute Gasteiger partial charge is 0.392 e. The van der Waals surface area contributed by atoms with Crippen LogP contribution in [0.2, 0.25) is 0 Å². The van der Waals surface area contributed by atoms with Gasteiger partial charge in [-0.1, -0.05) is 19.1 Å². The molecule has 0 aromatic heterocycles. The van der Waals surface area contributed by atoms with E-state index in [1.165, 1.54) is 0 Å². The van der Waals surface area contributed by atoms with Crippen molar-refractivity contribution in [2.24, 2.45) is 5.73 Å². The molecule has 0 radical (unpaired) electrons. The summed E-state index contributed by atoms with van der Waals surface area (Å²) in [7, 11) is 0. The second-order valence-corrected chi connectivity index (χ2v) is 4.76. The Balaban J connectivity index is 2.65. The zero-order valence-electron chi connectivity index (χ0n) is 9.87. The van der Waals surface area contributed by atoms with E-state index in [1.54, 1.807) is 0 Å². The molecule has 16 heavy (non-hydrogen) atoms. The lowest BCUT2D eigenvalue weighted by Gasteiger charge is -2.28. The van der Waals surface area contributed by atoms with Crippen LogP contribution < -0.4 is 11.1 Å². The van der Waals surface area contributed by atoms with E-state index in [0.717, 1.165) is 38.8 Å². The van der Waals surface area contributed by atoms with Crippen molar-refractivity contribution in [2.45, 2.75) is 38.6 Å². The van der Waals surface area contributed by atoms with Gasteiger partial charge in [0.1, 0.15) is 0 Å². The van der Waals surface area contributed by atoms with Gasteiger partial charge in [0.15, 0.2) is 0 Å². The fourth-order valence-corrected chi connectivity index (χ4v) is 2.27. The maximum Gasteiger partial charge on any atom is 0.237 e. The molecule has 0 aromatic carbocycles. The molecule has 0 aromatic rings. The van der Waals surface area contributed by atoms with E-state index < -0.39 is 0 Å². The highest BCUT2D eigenvalue weighted by Crippen LogP contribution is 2.12. The predicted octanol–water partition coefficient (Wildman–Crippen LogP) is 0.653. The highest BCUT2D eigenvalue weighted by atomic mass is 32.1. The Morgan fingerprint density at radius 2 is 2.38 bits per heavy atom. The summed E-state index contributed by atoms with van der Waals surface area (Å²) in [6, 6.07) is -0.0519. The topological polar surface area (TPSA) is 58.4 Å². The Morgan fingerprint density at radius 1 is 1.62 bits per heavy atom. The van der Waals surface area contributed by atoms with E-state index in [4.69, 9.17) is 18.0 Å². The fraction of sp³-hybridized carbons (Fsp3) is 0.818. The van der Waals surface area contributed by atoms with Gasteiger partial charge < -0.3 is 11.1 Å². The number of nitrogens with zero attached hydrogens (tertiary/aromatic N) is 1. The van der Waals surface area contributed by atoms with Gasteiger partial charge in [0, 0.05) is 13.1 Å². The van der Waals surface area contributed by atoms with Crippen molar-refractivity contribution in [2.75, 3.05) is 19.6 Å². The number of thiocarbonyl (C=S) groups is 1. The second kappa shape index (κ2) is 6.81. The molecule has 1 atom stereocenters. The molecule has 1 saturated heterocycles. The number of nitrogens with one attached hydrogen (secondary N) is 1. The molecule has 1 aliphatic rings. The third kappa shape index (κ3) is 4.06. The van der Waals surface area contributed by atoms with Crippen LogP contribution >= 0.6 is 12.2 Å². The van der Waals surface area contributed by atoms with Crippen molar-refractivity contribution >= 4 is 23.1 Å². The Hall–Kier alpha value is -0.680. The maximum absolute atomic E-state index is 11.9. The molecule has 4 nitrogen and oxygen atoms in total. The fourth-order valence-electron chi connectivity index (χ4n) is 2.10. The summed E-state index contributed by atoms with van der Waals surface area (Å²) in [6.07, 6.45) is 4.07. The first-order valence-corrected chi connectivity index (χ1v) is 6.36. The number of nitrogens with two attached hydrogens (primary N) is 1. The van der Waals surface area contributed by atoms with Crippen LogP contribution in [-0.4, -0.2) is 41.5 Å². The molecule has 92 valence electrons. The molecule has 3 N–H and O–H groups in total. The predicted molar refractivity (Wildman–Crippen MR) is 69.3 cm³/mol. The van der Waals surface area contributed by atoms with Gasteiger partial charge in [-0.05, 0) is 32.2 Å². The zero-order valence-corrected chi connectivity index (χ0v) is 10.7.